The number of nitrogens with one attached hydrogen (secondary N) is 2. The number of fused-ring (bicyclic) bond motifs is 1. The Labute approximate surface area is 223 Å². The molecule has 0 aromatic heterocycles. The number of allylic oxidation sites excluding steroid dienone is 6. The number of benzene rings is 2. The quantitative estimate of drug-likeness (QED) is 0.343. The highest BCUT2D eigenvalue weighted by Crippen LogP contribution is 2.38. The van der Waals surface area contributed by atoms with Gasteiger partial charge in [-0.2, -0.15) is 0 Å². The average Bonchev–Trinajstić information content (AvgIpc) is 3.19. The topological polar surface area (TPSA) is 61.4 Å². The standard InChI is InChI=1S/C31H40N3O2S/c1-4-26-16-11-17-29-31(26)34(21-20-33-29)37(35,36)30-22-27(19-18-24(30)2)28(23-32-3)15-10-9-14-25-12-7-5-6-8-13-25/h5-8,11-13,16-19,22,28,32-33H,4,9-10,14-15,20-21,23H2,1-3H3. The van der Waals surface area contributed by atoms with Gasteiger partial charge in [0.2, 0.25) is 0 Å². The molecule has 1 unspecified atom stereocenters. The molecule has 197 valence electrons. The first-order valence-electron chi connectivity index (χ1n) is 13.5. The second kappa shape index (κ2) is 12.6. The van der Waals surface area contributed by atoms with Crippen molar-refractivity contribution in [3.05, 3.63) is 95.5 Å². The van der Waals surface area contributed by atoms with E-state index in [1.165, 1.54) is 5.57 Å². The van der Waals surface area contributed by atoms with Crippen LogP contribution in [0.5, 0.6) is 0 Å². The molecule has 2 N–H and O–H groups in total. The molecule has 2 aromatic carbocycles. The van der Waals surface area contributed by atoms with E-state index < -0.39 is 10.0 Å². The van der Waals surface area contributed by atoms with E-state index in [1.807, 2.05) is 44.3 Å². The summed E-state index contributed by atoms with van der Waals surface area (Å²) < 4.78 is 29.8. The number of anilines is 2. The SMILES string of the molecule is CCc1cccc2c1N(S(=O)(=O)c1cc(C(CCCCC3=CC=CC=C[CH]3)CNC)ccc1C)CCN2. The van der Waals surface area contributed by atoms with Crippen molar-refractivity contribution in [2.24, 2.45) is 0 Å². The smallest absolute Gasteiger partial charge is 0.264 e. The number of nitrogens with zero attached hydrogens (tertiary/aromatic N) is 1. The molecule has 37 heavy (non-hydrogen) atoms. The summed E-state index contributed by atoms with van der Waals surface area (Å²) in [4.78, 5) is 0.418. The summed E-state index contributed by atoms with van der Waals surface area (Å²) in [6.45, 7) is 5.81. The minimum Gasteiger partial charge on any atom is -0.382 e. The molecule has 5 nitrogen and oxygen atoms in total. The number of para-hydroxylation sites is 1. The molecule has 1 radical (unpaired) electrons. The molecule has 4 rings (SSSR count). The van der Waals surface area contributed by atoms with Crippen LogP contribution < -0.4 is 14.9 Å². The van der Waals surface area contributed by atoms with E-state index in [4.69, 9.17) is 0 Å². The van der Waals surface area contributed by atoms with Crippen LogP contribution in [-0.2, 0) is 16.4 Å². The normalized spacial score (nSPS) is 16.1. The lowest BCUT2D eigenvalue weighted by Crippen LogP contribution is -2.39. The Morgan fingerprint density at radius 2 is 1.92 bits per heavy atom. The summed E-state index contributed by atoms with van der Waals surface area (Å²) >= 11 is 0. The monoisotopic (exact) mass is 518 g/mol. The van der Waals surface area contributed by atoms with Crippen molar-refractivity contribution in [1.82, 2.24) is 5.32 Å². The van der Waals surface area contributed by atoms with Crippen molar-refractivity contribution in [2.45, 2.75) is 56.8 Å². The van der Waals surface area contributed by atoms with Crippen LogP contribution in [0, 0.1) is 13.3 Å². The minimum atomic E-state index is -3.70. The highest BCUT2D eigenvalue weighted by molar-refractivity contribution is 7.93. The Kier molecular flexibility index (Phi) is 9.28. The molecule has 0 saturated heterocycles. The summed E-state index contributed by atoms with van der Waals surface area (Å²) in [5.74, 6) is 0.257. The minimum absolute atomic E-state index is 0.257. The fourth-order valence-corrected chi connectivity index (χ4v) is 7.07. The van der Waals surface area contributed by atoms with E-state index in [2.05, 4.69) is 60.4 Å². The molecular formula is C31H40N3O2S. The molecule has 1 aliphatic heterocycles. The zero-order valence-corrected chi connectivity index (χ0v) is 23.2. The van der Waals surface area contributed by atoms with E-state index in [9.17, 15) is 8.42 Å². The van der Waals surface area contributed by atoms with Gasteiger partial charge >= 0.3 is 0 Å². The lowest BCUT2D eigenvalue weighted by molar-refractivity contribution is 0.543. The number of sulfonamides is 1. The van der Waals surface area contributed by atoms with Crippen molar-refractivity contribution in [2.75, 3.05) is 36.3 Å². The van der Waals surface area contributed by atoms with Gasteiger partial charge in [0, 0.05) is 19.5 Å². The van der Waals surface area contributed by atoms with Gasteiger partial charge in [-0.1, -0.05) is 73.6 Å². The summed E-state index contributed by atoms with van der Waals surface area (Å²) in [6, 6.07) is 12.0. The van der Waals surface area contributed by atoms with Crippen molar-refractivity contribution in [3.63, 3.8) is 0 Å². The first-order valence-corrected chi connectivity index (χ1v) is 14.9. The number of likely N-dealkylation sites (N-methyl/N-ethyl adjacent to an activating group) is 1. The maximum Gasteiger partial charge on any atom is 0.264 e. The molecule has 0 fully saturated rings. The van der Waals surface area contributed by atoms with Crippen LogP contribution >= 0.6 is 0 Å². The fraction of sp³-hybridized carbons (Fsp3) is 0.387. The fourth-order valence-electron chi connectivity index (χ4n) is 5.29. The Hall–Kier alpha value is -2.83. The molecule has 0 saturated carbocycles. The van der Waals surface area contributed by atoms with Gasteiger partial charge in [-0.3, -0.25) is 4.31 Å². The predicted octanol–water partition coefficient (Wildman–Crippen LogP) is 6.30. The average molecular weight is 519 g/mol. The van der Waals surface area contributed by atoms with Crippen LogP contribution in [0.25, 0.3) is 0 Å². The van der Waals surface area contributed by atoms with Gasteiger partial charge in [-0.15, -0.1) is 0 Å². The molecule has 1 atom stereocenters. The van der Waals surface area contributed by atoms with Gasteiger partial charge in [0.15, 0.2) is 0 Å². The maximum absolute atomic E-state index is 14.1. The van der Waals surface area contributed by atoms with E-state index in [0.717, 1.165) is 66.7 Å². The third kappa shape index (κ3) is 6.36. The highest BCUT2D eigenvalue weighted by Gasteiger charge is 2.32. The van der Waals surface area contributed by atoms with Gasteiger partial charge in [-0.05, 0) is 74.4 Å². The summed E-state index contributed by atoms with van der Waals surface area (Å²) in [7, 11) is -1.74. The molecule has 0 amide bonds. The second-order valence-electron chi connectivity index (χ2n) is 9.87. The molecular weight excluding hydrogens is 478 g/mol. The van der Waals surface area contributed by atoms with Gasteiger partial charge in [0.05, 0.1) is 22.8 Å². The lowest BCUT2D eigenvalue weighted by atomic mass is 9.91. The summed E-state index contributed by atoms with van der Waals surface area (Å²) in [6.07, 6.45) is 17.7. The number of rotatable bonds is 11. The van der Waals surface area contributed by atoms with Crippen molar-refractivity contribution >= 4 is 21.4 Å². The van der Waals surface area contributed by atoms with Crippen molar-refractivity contribution in [3.8, 4) is 0 Å². The predicted molar refractivity (Wildman–Crippen MR) is 156 cm³/mol. The van der Waals surface area contributed by atoms with Crippen LogP contribution in [-0.4, -0.2) is 35.1 Å². The third-order valence-electron chi connectivity index (χ3n) is 7.30. The van der Waals surface area contributed by atoms with Crippen LogP contribution in [0.2, 0.25) is 0 Å². The largest absolute Gasteiger partial charge is 0.382 e. The number of hydrogen-bond donors (Lipinski definition) is 2. The summed E-state index contributed by atoms with van der Waals surface area (Å²) in [5.41, 5.74) is 5.95. The number of hydrogen-bond acceptors (Lipinski definition) is 4. The van der Waals surface area contributed by atoms with Gasteiger partial charge < -0.3 is 10.6 Å². The van der Waals surface area contributed by atoms with Gasteiger partial charge in [0.25, 0.3) is 10.0 Å². The molecule has 6 heteroatoms. The Balaban J connectivity index is 1.55. The first kappa shape index (κ1) is 27.2. The summed E-state index contributed by atoms with van der Waals surface area (Å²) in [5, 5.41) is 6.70. The zero-order chi connectivity index (χ0) is 26.3. The Morgan fingerprint density at radius 1 is 1.08 bits per heavy atom. The lowest BCUT2D eigenvalue weighted by Gasteiger charge is -2.33. The van der Waals surface area contributed by atoms with Crippen LogP contribution in [0.15, 0.2) is 77.2 Å². The Bertz CT molecular complexity index is 1260. The molecule has 0 bridgehead atoms. The van der Waals surface area contributed by atoms with Crippen LogP contribution in [0.3, 0.4) is 0 Å². The molecule has 1 heterocycles. The molecule has 2 aromatic rings. The maximum atomic E-state index is 14.1. The third-order valence-corrected chi connectivity index (χ3v) is 9.25. The van der Waals surface area contributed by atoms with Crippen LogP contribution in [0.1, 0.15) is 55.2 Å². The second-order valence-corrected chi connectivity index (χ2v) is 11.7. The van der Waals surface area contributed by atoms with E-state index in [-0.39, 0.29) is 5.92 Å². The van der Waals surface area contributed by atoms with Crippen molar-refractivity contribution < 1.29 is 8.42 Å². The van der Waals surface area contributed by atoms with Crippen molar-refractivity contribution in [1.29, 1.82) is 0 Å². The molecule has 0 spiro atoms. The van der Waals surface area contributed by atoms with Gasteiger partial charge in [0.1, 0.15) is 0 Å². The van der Waals surface area contributed by atoms with Gasteiger partial charge in [-0.25, -0.2) is 8.42 Å². The van der Waals surface area contributed by atoms with E-state index >= 15 is 0 Å². The number of aryl methyl sites for hydroxylation is 2. The van der Waals surface area contributed by atoms with Crippen LogP contribution in [0.4, 0.5) is 11.4 Å². The van der Waals surface area contributed by atoms with E-state index in [0.29, 0.717) is 18.0 Å². The van der Waals surface area contributed by atoms with E-state index in [1.54, 1.807) is 4.31 Å². The number of unbranched alkanes of at least 4 members (excludes halogenated alkanes) is 1. The molecule has 1 aliphatic carbocycles. The zero-order valence-electron chi connectivity index (χ0n) is 22.3. The first-order chi connectivity index (χ1) is 18.0. The molecule has 2 aliphatic rings. The highest BCUT2D eigenvalue weighted by atomic mass is 32.2. The Morgan fingerprint density at radius 3 is 2.73 bits per heavy atom.